The second-order valence-corrected chi connectivity index (χ2v) is 6.22. The minimum atomic E-state index is 0. The van der Waals surface area contributed by atoms with Crippen LogP contribution in [0.2, 0.25) is 0 Å². The Morgan fingerprint density at radius 1 is 1.40 bits per heavy atom. The molecule has 120 valence electrons. The molecule has 2 N–H and O–H groups in total. The van der Waals surface area contributed by atoms with Crippen molar-refractivity contribution in [2.75, 3.05) is 59.7 Å². The van der Waals surface area contributed by atoms with Crippen molar-refractivity contribution >= 4 is 41.7 Å². The average molecular weight is 416 g/mol. The molecule has 0 aliphatic carbocycles. The molecule has 20 heavy (non-hydrogen) atoms. The van der Waals surface area contributed by atoms with Crippen LogP contribution >= 0.6 is 35.7 Å². The van der Waals surface area contributed by atoms with Crippen LogP contribution in [0.25, 0.3) is 0 Å². The van der Waals surface area contributed by atoms with Gasteiger partial charge in [-0.3, -0.25) is 4.99 Å². The molecule has 1 rings (SSSR count). The molecule has 7 heteroatoms. The lowest BCUT2D eigenvalue weighted by Gasteiger charge is -2.18. The lowest BCUT2D eigenvalue weighted by Crippen LogP contribution is -2.43. The lowest BCUT2D eigenvalue weighted by molar-refractivity contribution is 0.162. The molecule has 5 nitrogen and oxygen atoms in total. The number of rotatable bonds is 8. The second kappa shape index (κ2) is 13.0. The van der Waals surface area contributed by atoms with E-state index in [9.17, 15) is 0 Å². The van der Waals surface area contributed by atoms with Crippen molar-refractivity contribution in [3.05, 3.63) is 0 Å². The number of likely N-dealkylation sites (N-methyl/N-ethyl adjacent to an activating group) is 1. The molecular formula is C13H29IN4OS. The maximum Gasteiger partial charge on any atom is 0.191 e. The Balaban J connectivity index is 0.00000361. The van der Waals surface area contributed by atoms with Crippen LogP contribution in [0.1, 0.15) is 12.8 Å². The fraction of sp³-hybridized carbons (Fsp3) is 0.923. The Hall–Kier alpha value is 0.270. The highest BCUT2D eigenvalue weighted by molar-refractivity contribution is 14.0. The molecule has 1 heterocycles. The molecule has 0 aromatic carbocycles. The number of methoxy groups -OCH3 is 1. The second-order valence-electron chi connectivity index (χ2n) is 4.81. The molecule has 0 aromatic heterocycles. The first-order valence-electron chi connectivity index (χ1n) is 7.00. The van der Waals surface area contributed by atoms with Crippen LogP contribution in [0, 0.1) is 0 Å². The van der Waals surface area contributed by atoms with Crippen molar-refractivity contribution in [2.24, 2.45) is 4.99 Å². The number of guanidine groups is 1. The standard InChI is InChI=1S/C13H28N4OS.HI/c1-14-13(16-11-12-5-4-10-19-12)15-6-7-17(2)8-9-18-3;/h12H,4-11H2,1-3H3,(H2,14,15,16);1H. The van der Waals surface area contributed by atoms with Crippen LogP contribution in [0.5, 0.6) is 0 Å². The van der Waals surface area contributed by atoms with Crippen LogP contribution in [-0.4, -0.2) is 75.9 Å². The van der Waals surface area contributed by atoms with Gasteiger partial charge in [0.25, 0.3) is 0 Å². The third-order valence-electron chi connectivity index (χ3n) is 3.21. The molecule has 0 amide bonds. The molecule has 1 aliphatic heterocycles. The number of hydrogen-bond acceptors (Lipinski definition) is 4. The Labute approximate surface area is 144 Å². The van der Waals surface area contributed by atoms with Gasteiger partial charge in [-0.1, -0.05) is 0 Å². The minimum Gasteiger partial charge on any atom is -0.383 e. The minimum absolute atomic E-state index is 0. The first kappa shape index (κ1) is 20.3. The van der Waals surface area contributed by atoms with Crippen LogP contribution in [0.15, 0.2) is 4.99 Å². The zero-order valence-electron chi connectivity index (χ0n) is 12.9. The van der Waals surface area contributed by atoms with Crippen molar-refractivity contribution in [2.45, 2.75) is 18.1 Å². The maximum absolute atomic E-state index is 5.06. The molecule has 1 fully saturated rings. The first-order chi connectivity index (χ1) is 9.26. The summed E-state index contributed by atoms with van der Waals surface area (Å²) in [5, 5.41) is 7.50. The third kappa shape index (κ3) is 9.25. The molecule has 0 bridgehead atoms. The predicted molar refractivity (Wildman–Crippen MR) is 99.6 cm³/mol. The van der Waals surface area contributed by atoms with E-state index in [4.69, 9.17) is 4.74 Å². The lowest BCUT2D eigenvalue weighted by atomic mass is 10.2. The number of hydrogen-bond donors (Lipinski definition) is 2. The number of thioether (sulfide) groups is 1. The Kier molecular flexibility index (Phi) is 13.1. The van der Waals surface area contributed by atoms with E-state index in [-0.39, 0.29) is 24.0 Å². The Morgan fingerprint density at radius 3 is 2.80 bits per heavy atom. The molecule has 1 saturated heterocycles. The molecular weight excluding hydrogens is 387 g/mol. The largest absolute Gasteiger partial charge is 0.383 e. The van der Waals surface area contributed by atoms with Crippen LogP contribution in [0.3, 0.4) is 0 Å². The summed E-state index contributed by atoms with van der Waals surface area (Å²) in [4.78, 5) is 6.50. The molecule has 1 aliphatic rings. The van der Waals surface area contributed by atoms with E-state index < -0.39 is 0 Å². The van der Waals surface area contributed by atoms with Gasteiger partial charge in [-0.15, -0.1) is 24.0 Å². The fourth-order valence-corrected chi connectivity index (χ4v) is 3.16. The first-order valence-corrected chi connectivity index (χ1v) is 8.04. The zero-order chi connectivity index (χ0) is 13.9. The van der Waals surface area contributed by atoms with Gasteiger partial charge in [0.15, 0.2) is 5.96 Å². The number of halogens is 1. The van der Waals surface area contributed by atoms with E-state index in [1.54, 1.807) is 7.11 Å². The summed E-state index contributed by atoms with van der Waals surface area (Å²) >= 11 is 2.07. The average Bonchev–Trinajstić information content (AvgIpc) is 2.93. The topological polar surface area (TPSA) is 48.9 Å². The summed E-state index contributed by atoms with van der Waals surface area (Å²) in [5.74, 6) is 2.22. The smallest absolute Gasteiger partial charge is 0.191 e. The van der Waals surface area contributed by atoms with Crippen LogP contribution < -0.4 is 10.6 Å². The van der Waals surface area contributed by atoms with E-state index >= 15 is 0 Å². The quantitative estimate of drug-likeness (QED) is 0.354. The normalized spacial score (nSPS) is 19.0. The van der Waals surface area contributed by atoms with Gasteiger partial charge in [-0.2, -0.15) is 11.8 Å². The van der Waals surface area contributed by atoms with Crippen molar-refractivity contribution in [3.8, 4) is 0 Å². The highest BCUT2D eigenvalue weighted by atomic mass is 127. The number of nitrogens with zero attached hydrogens (tertiary/aromatic N) is 2. The fourth-order valence-electron chi connectivity index (χ4n) is 1.96. The summed E-state index contributed by atoms with van der Waals surface area (Å²) in [6.07, 6.45) is 2.68. The molecule has 1 atom stereocenters. The van der Waals surface area contributed by atoms with Gasteiger partial charge < -0.3 is 20.3 Å². The van der Waals surface area contributed by atoms with Gasteiger partial charge in [0.05, 0.1) is 6.61 Å². The van der Waals surface area contributed by atoms with E-state index in [0.717, 1.165) is 44.0 Å². The van der Waals surface area contributed by atoms with Gasteiger partial charge in [0.2, 0.25) is 0 Å². The van der Waals surface area contributed by atoms with E-state index in [2.05, 4.69) is 39.3 Å². The summed E-state index contributed by atoms with van der Waals surface area (Å²) < 4.78 is 5.06. The van der Waals surface area contributed by atoms with Crippen LogP contribution in [-0.2, 0) is 4.74 Å². The van der Waals surface area contributed by atoms with Crippen molar-refractivity contribution in [3.63, 3.8) is 0 Å². The number of ether oxygens (including phenoxy) is 1. The van der Waals surface area contributed by atoms with Gasteiger partial charge in [-0.05, 0) is 25.6 Å². The van der Waals surface area contributed by atoms with Gasteiger partial charge >= 0.3 is 0 Å². The SMILES string of the molecule is CN=C(NCCN(C)CCOC)NCC1CCCS1.I. The molecule has 0 radical (unpaired) electrons. The number of nitrogens with one attached hydrogen (secondary N) is 2. The van der Waals surface area contributed by atoms with Crippen LogP contribution in [0.4, 0.5) is 0 Å². The summed E-state index contributed by atoms with van der Waals surface area (Å²) in [6.45, 7) is 4.65. The summed E-state index contributed by atoms with van der Waals surface area (Å²) in [6, 6.07) is 0. The van der Waals surface area contributed by atoms with Gasteiger partial charge in [-0.25, -0.2) is 0 Å². The third-order valence-corrected chi connectivity index (χ3v) is 4.61. The summed E-state index contributed by atoms with van der Waals surface area (Å²) in [5.41, 5.74) is 0. The van der Waals surface area contributed by atoms with E-state index in [0.29, 0.717) is 0 Å². The zero-order valence-corrected chi connectivity index (χ0v) is 16.0. The van der Waals surface area contributed by atoms with E-state index in [1.807, 2.05) is 7.05 Å². The molecule has 0 aromatic rings. The monoisotopic (exact) mass is 416 g/mol. The van der Waals surface area contributed by atoms with Gasteiger partial charge in [0.1, 0.15) is 0 Å². The van der Waals surface area contributed by atoms with E-state index in [1.165, 1.54) is 18.6 Å². The van der Waals surface area contributed by atoms with Gasteiger partial charge in [0, 0.05) is 45.6 Å². The van der Waals surface area contributed by atoms with Crippen molar-refractivity contribution in [1.82, 2.24) is 15.5 Å². The van der Waals surface area contributed by atoms with Crippen molar-refractivity contribution < 1.29 is 4.74 Å². The maximum atomic E-state index is 5.06. The predicted octanol–water partition coefficient (Wildman–Crippen LogP) is 1.24. The molecule has 0 saturated carbocycles. The Bertz CT molecular complexity index is 263. The number of aliphatic imine (C=N–C) groups is 1. The summed E-state index contributed by atoms with van der Waals surface area (Å²) in [7, 11) is 5.66. The Morgan fingerprint density at radius 2 is 2.20 bits per heavy atom. The molecule has 1 unspecified atom stereocenters. The highest BCUT2D eigenvalue weighted by Crippen LogP contribution is 2.25. The molecule has 0 spiro atoms. The highest BCUT2D eigenvalue weighted by Gasteiger charge is 2.15. The van der Waals surface area contributed by atoms with Crippen molar-refractivity contribution in [1.29, 1.82) is 0 Å².